The zero-order chi connectivity index (χ0) is 32.5. The van der Waals surface area contributed by atoms with Crippen LogP contribution in [-0.2, 0) is 16.1 Å². The van der Waals surface area contributed by atoms with Crippen LogP contribution in [0.5, 0.6) is 0 Å². The van der Waals surface area contributed by atoms with E-state index in [2.05, 4.69) is 10.9 Å². The summed E-state index contributed by atoms with van der Waals surface area (Å²) in [6, 6.07) is 24.1. The van der Waals surface area contributed by atoms with Gasteiger partial charge in [-0.15, -0.1) is 0 Å². The highest BCUT2D eigenvalue weighted by Gasteiger charge is 2.32. The van der Waals surface area contributed by atoms with Crippen LogP contribution in [0.1, 0.15) is 54.5 Å². The minimum atomic E-state index is -1.14. The first-order valence-corrected chi connectivity index (χ1v) is 14.6. The lowest BCUT2D eigenvalue weighted by Crippen LogP contribution is -2.29. The summed E-state index contributed by atoms with van der Waals surface area (Å²) in [6.45, 7) is 3.87. The third kappa shape index (κ3) is 7.92. The molecule has 2 unspecified atom stereocenters. The average molecular weight is 610 g/mol. The van der Waals surface area contributed by atoms with Gasteiger partial charge in [-0.3, -0.25) is 9.59 Å². The van der Waals surface area contributed by atoms with Crippen LogP contribution >= 0.6 is 0 Å². The van der Waals surface area contributed by atoms with Crippen molar-refractivity contribution in [3.63, 3.8) is 0 Å². The molecule has 1 aromatic heterocycles. The van der Waals surface area contributed by atoms with E-state index < -0.39 is 29.9 Å². The number of aliphatic hydroxyl groups excluding tert-OH is 2. The summed E-state index contributed by atoms with van der Waals surface area (Å²) in [6.07, 6.45) is 2.52. The van der Waals surface area contributed by atoms with Crippen molar-refractivity contribution in [2.75, 3.05) is 7.11 Å². The Morgan fingerprint density at radius 2 is 1.56 bits per heavy atom. The van der Waals surface area contributed by atoms with Gasteiger partial charge in [-0.1, -0.05) is 78.9 Å². The lowest BCUT2D eigenvalue weighted by Gasteiger charge is -2.20. The third-order valence-electron chi connectivity index (χ3n) is 7.33. The molecular formula is C36H36FN3O5. The van der Waals surface area contributed by atoms with Crippen molar-refractivity contribution >= 4 is 18.0 Å². The number of carbonyl (C=O) groups is 2. The Morgan fingerprint density at radius 3 is 2.13 bits per heavy atom. The number of nitriles is 1. The molecule has 0 aliphatic rings. The minimum absolute atomic E-state index is 0.0571. The number of nitrogens with zero attached hydrogens (tertiary/aromatic N) is 3. The molecule has 0 radical (unpaired) electrons. The normalized spacial score (nSPS) is 12.6. The van der Waals surface area contributed by atoms with Gasteiger partial charge < -0.3 is 19.5 Å². The van der Waals surface area contributed by atoms with Crippen molar-refractivity contribution in [2.24, 2.45) is 0 Å². The number of ether oxygens (including phenoxy) is 1. The van der Waals surface area contributed by atoms with Crippen LogP contribution in [0.15, 0.2) is 91.0 Å². The van der Waals surface area contributed by atoms with E-state index in [0.29, 0.717) is 27.9 Å². The molecule has 0 bridgehead atoms. The van der Waals surface area contributed by atoms with Crippen molar-refractivity contribution in [2.45, 2.75) is 51.5 Å². The minimum Gasteiger partial charge on any atom is -0.469 e. The Balaban J connectivity index is 1.95. The summed E-state index contributed by atoms with van der Waals surface area (Å²) in [5.74, 6) is -1.55. The first-order valence-electron chi connectivity index (χ1n) is 14.6. The SMILES string of the molecule is COC(=O)CC(O)CC(O)C=Cc1c(-c2ccc(F)cc2)c(-c2ccccc2)c(C(=O)N(C#N)Cc2ccccc2)n1C(C)C. The van der Waals surface area contributed by atoms with E-state index >= 15 is 0 Å². The van der Waals surface area contributed by atoms with Crippen molar-refractivity contribution in [1.82, 2.24) is 9.47 Å². The maximum atomic E-state index is 14.4. The molecule has 232 valence electrons. The number of hydrogen-bond acceptors (Lipinski definition) is 6. The van der Waals surface area contributed by atoms with Crippen molar-refractivity contribution in [1.29, 1.82) is 5.26 Å². The summed E-state index contributed by atoms with van der Waals surface area (Å²) < 4.78 is 20.5. The van der Waals surface area contributed by atoms with Gasteiger partial charge in [-0.05, 0) is 48.7 Å². The van der Waals surface area contributed by atoms with Gasteiger partial charge in [0.15, 0.2) is 6.19 Å². The fraction of sp³-hybridized carbons (Fsp3) is 0.250. The molecule has 2 atom stereocenters. The van der Waals surface area contributed by atoms with E-state index in [1.54, 1.807) is 18.2 Å². The van der Waals surface area contributed by atoms with E-state index in [1.165, 1.54) is 25.3 Å². The molecule has 0 saturated carbocycles. The van der Waals surface area contributed by atoms with Crippen LogP contribution in [-0.4, -0.2) is 50.9 Å². The summed E-state index contributed by atoms with van der Waals surface area (Å²) in [5.41, 5.74) is 4.06. The predicted molar refractivity (Wildman–Crippen MR) is 170 cm³/mol. The molecule has 9 heteroatoms. The van der Waals surface area contributed by atoms with E-state index in [-0.39, 0.29) is 31.1 Å². The first-order chi connectivity index (χ1) is 21.6. The number of esters is 1. The highest BCUT2D eigenvalue weighted by Crippen LogP contribution is 2.43. The lowest BCUT2D eigenvalue weighted by atomic mass is 9.94. The van der Waals surface area contributed by atoms with Gasteiger partial charge in [0.2, 0.25) is 0 Å². The summed E-state index contributed by atoms with van der Waals surface area (Å²) in [7, 11) is 1.22. The second kappa shape index (κ2) is 15.1. The average Bonchev–Trinajstić information content (AvgIpc) is 3.38. The monoisotopic (exact) mass is 609 g/mol. The third-order valence-corrected chi connectivity index (χ3v) is 7.33. The van der Waals surface area contributed by atoms with Crippen LogP contribution in [0.25, 0.3) is 28.3 Å². The maximum Gasteiger partial charge on any atom is 0.308 e. The quantitative estimate of drug-likeness (QED) is 0.110. The van der Waals surface area contributed by atoms with Crippen LogP contribution in [0.2, 0.25) is 0 Å². The molecule has 0 fully saturated rings. The van der Waals surface area contributed by atoms with Crippen molar-refractivity contribution in [3.8, 4) is 28.4 Å². The fourth-order valence-electron chi connectivity index (χ4n) is 5.28. The van der Waals surface area contributed by atoms with Crippen LogP contribution < -0.4 is 0 Å². The second-order valence-electron chi connectivity index (χ2n) is 10.9. The highest BCUT2D eigenvalue weighted by molar-refractivity contribution is 6.07. The van der Waals surface area contributed by atoms with E-state index in [0.717, 1.165) is 10.5 Å². The van der Waals surface area contributed by atoms with Gasteiger partial charge in [0.1, 0.15) is 11.5 Å². The van der Waals surface area contributed by atoms with Gasteiger partial charge in [0.25, 0.3) is 5.91 Å². The summed E-state index contributed by atoms with van der Waals surface area (Å²) in [4.78, 5) is 27.1. The maximum absolute atomic E-state index is 14.4. The van der Waals surface area contributed by atoms with Gasteiger partial charge in [0.05, 0.1) is 32.3 Å². The fourth-order valence-corrected chi connectivity index (χ4v) is 5.28. The Hall–Kier alpha value is -5.04. The Kier molecular flexibility index (Phi) is 11.0. The lowest BCUT2D eigenvalue weighted by molar-refractivity contribution is -0.143. The van der Waals surface area contributed by atoms with Crippen LogP contribution in [0, 0.1) is 17.3 Å². The van der Waals surface area contributed by atoms with Gasteiger partial charge in [-0.2, -0.15) is 5.26 Å². The standard InChI is InChI=1S/C36H36FN3O5/c1-24(2)40-31(19-18-29(41)20-30(42)21-32(43)45-3)33(27-14-16-28(37)17-15-27)34(26-12-8-5-9-13-26)35(40)36(44)39(23-38)22-25-10-6-4-7-11-25/h4-19,24,29-30,41-42H,20-22H2,1-3H3. The van der Waals surface area contributed by atoms with Gasteiger partial charge in [-0.25, -0.2) is 9.29 Å². The van der Waals surface area contributed by atoms with Crippen LogP contribution in [0.4, 0.5) is 4.39 Å². The number of carbonyl (C=O) groups excluding carboxylic acids is 2. The van der Waals surface area contributed by atoms with E-state index in [9.17, 15) is 29.5 Å². The number of aromatic nitrogens is 1. The van der Waals surface area contributed by atoms with Crippen molar-refractivity contribution < 1.29 is 28.9 Å². The molecule has 1 amide bonds. The molecule has 0 aliphatic carbocycles. The molecule has 0 spiro atoms. The molecule has 4 rings (SSSR count). The Labute approximate surface area is 262 Å². The smallest absolute Gasteiger partial charge is 0.308 e. The number of hydrogen-bond donors (Lipinski definition) is 2. The van der Waals surface area contributed by atoms with E-state index in [4.69, 9.17) is 0 Å². The topological polar surface area (TPSA) is 116 Å². The Bertz CT molecular complexity index is 1680. The zero-order valence-electron chi connectivity index (χ0n) is 25.4. The zero-order valence-corrected chi connectivity index (χ0v) is 25.4. The number of benzene rings is 3. The molecule has 0 saturated heterocycles. The number of halogens is 1. The first kappa shape index (κ1) is 32.9. The second-order valence-corrected chi connectivity index (χ2v) is 10.9. The summed E-state index contributed by atoms with van der Waals surface area (Å²) >= 11 is 0. The summed E-state index contributed by atoms with van der Waals surface area (Å²) in [5, 5.41) is 31.3. The largest absolute Gasteiger partial charge is 0.469 e. The molecule has 0 aliphatic heterocycles. The molecule has 4 aromatic rings. The predicted octanol–water partition coefficient (Wildman–Crippen LogP) is 6.35. The van der Waals surface area contributed by atoms with Crippen LogP contribution in [0.3, 0.4) is 0 Å². The number of aliphatic hydroxyl groups is 2. The van der Waals surface area contributed by atoms with E-state index in [1.807, 2.05) is 79.1 Å². The highest BCUT2D eigenvalue weighted by atomic mass is 19.1. The molecule has 45 heavy (non-hydrogen) atoms. The van der Waals surface area contributed by atoms with Crippen molar-refractivity contribution in [3.05, 3.63) is 114 Å². The molecular weight excluding hydrogens is 573 g/mol. The van der Waals surface area contributed by atoms with Gasteiger partial charge in [0, 0.05) is 29.3 Å². The molecule has 8 nitrogen and oxygen atoms in total. The number of rotatable bonds is 12. The number of amides is 1. The number of methoxy groups -OCH3 is 1. The Morgan fingerprint density at radius 1 is 0.956 bits per heavy atom. The molecule has 3 aromatic carbocycles. The van der Waals surface area contributed by atoms with Gasteiger partial charge >= 0.3 is 5.97 Å². The molecule has 1 heterocycles. The molecule has 2 N–H and O–H groups in total.